The number of hydrogen-bond acceptors (Lipinski definition) is 1. The Morgan fingerprint density at radius 1 is 1.15 bits per heavy atom. The molecule has 0 aromatic heterocycles. The van der Waals surface area contributed by atoms with Crippen LogP contribution in [0.3, 0.4) is 0 Å². The van der Waals surface area contributed by atoms with Crippen LogP contribution in [0.2, 0.25) is 0 Å². The molecule has 0 fully saturated rings. The SMILES string of the molecule is Cc1ccc(O)c2c1CC(C)(C)C2. The Hall–Kier alpha value is -0.980. The Labute approximate surface area is 79.4 Å². The van der Waals surface area contributed by atoms with Crippen molar-refractivity contribution < 1.29 is 5.11 Å². The Kier molecular flexibility index (Phi) is 1.66. The Morgan fingerprint density at radius 2 is 1.77 bits per heavy atom. The molecule has 0 aliphatic heterocycles. The van der Waals surface area contributed by atoms with Crippen molar-refractivity contribution in [2.24, 2.45) is 5.41 Å². The van der Waals surface area contributed by atoms with Crippen LogP contribution in [0, 0.1) is 12.3 Å². The first-order valence-electron chi connectivity index (χ1n) is 4.80. The van der Waals surface area contributed by atoms with E-state index in [9.17, 15) is 5.11 Å². The van der Waals surface area contributed by atoms with Crippen molar-refractivity contribution in [3.63, 3.8) is 0 Å². The lowest BCUT2D eigenvalue weighted by Gasteiger charge is -2.15. The summed E-state index contributed by atoms with van der Waals surface area (Å²) in [6.45, 7) is 6.64. The van der Waals surface area contributed by atoms with Gasteiger partial charge in [-0.15, -0.1) is 0 Å². The fourth-order valence-electron chi connectivity index (χ4n) is 2.26. The molecule has 2 rings (SSSR count). The van der Waals surface area contributed by atoms with E-state index in [2.05, 4.69) is 20.8 Å². The van der Waals surface area contributed by atoms with Crippen LogP contribution in [0.15, 0.2) is 12.1 Å². The van der Waals surface area contributed by atoms with Gasteiger partial charge in [0.25, 0.3) is 0 Å². The third kappa shape index (κ3) is 1.32. The average Bonchev–Trinajstić information content (AvgIpc) is 2.35. The number of aromatic hydroxyl groups is 1. The Balaban J connectivity index is 2.56. The van der Waals surface area contributed by atoms with Crippen molar-refractivity contribution in [2.45, 2.75) is 33.6 Å². The summed E-state index contributed by atoms with van der Waals surface area (Å²) in [5.41, 5.74) is 4.18. The molecule has 0 amide bonds. The highest BCUT2D eigenvalue weighted by Crippen LogP contribution is 2.41. The summed E-state index contributed by atoms with van der Waals surface area (Å²) in [5.74, 6) is 0.478. The molecule has 0 saturated carbocycles. The predicted octanol–water partition coefficient (Wildman–Crippen LogP) is 2.83. The lowest BCUT2D eigenvalue weighted by molar-refractivity contribution is 0.386. The molecule has 13 heavy (non-hydrogen) atoms. The van der Waals surface area contributed by atoms with Crippen molar-refractivity contribution in [3.8, 4) is 5.75 Å². The number of benzene rings is 1. The normalized spacial score (nSPS) is 18.7. The molecule has 1 N–H and O–H groups in total. The van der Waals surface area contributed by atoms with E-state index < -0.39 is 0 Å². The summed E-state index contributed by atoms with van der Waals surface area (Å²) < 4.78 is 0. The summed E-state index contributed by atoms with van der Waals surface area (Å²) >= 11 is 0. The number of fused-ring (bicyclic) bond motifs is 1. The zero-order chi connectivity index (χ0) is 9.64. The third-order valence-corrected chi connectivity index (χ3v) is 2.95. The van der Waals surface area contributed by atoms with Gasteiger partial charge >= 0.3 is 0 Å². The molecule has 0 heterocycles. The van der Waals surface area contributed by atoms with Crippen LogP contribution in [-0.4, -0.2) is 5.11 Å². The highest BCUT2D eigenvalue weighted by molar-refractivity contribution is 5.47. The van der Waals surface area contributed by atoms with Crippen molar-refractivity contribution in [1.29, 1.82) is 0 Å². The van der Waals surface area contributed by atoms with Crippen LogP contribution in [0.4, 0.5) is 0 Å². The molecule has 1 aromatic rings. The van der Waals surface area contributed by atoms with E-state index >= 15 is 0 Å². The van der Waals surface area contributed by atoms with E-state index in [1.165, 1.54) is 16.7 Å². The highest BCUT2D eigenvalue weighted by atomic mass is 16.3. The van der Waals surface area contributed by atoms with Crippen molar-refractivity contribution in [1.82, 2.24) is 0 Å². The average molecular weight is 176 g/mol. The maximum Gasteiger partial charge on any atom is 0.119 e. The van der Waals surface area contributed by atoms with Gasteiger partial charge in [-0.25, -0.2) is 0 Å². The monoisotopic (exact) mass is 176 g/mol. The molecule has 0 bridgehead atoms. The van der Waals surface area contributed by atoms with Crippen LogP contribution in [-0.2, 0) is 12.8 Å². The van der Waals surface area contributed by atoms with Gasteiger partial charge in [-0.05, 0) is 47.9 Å². The number of phenols is 1. The summed E-state index contributed by atoms with van der Waals surface area (Å²) in [4.78, 5) is 0. The summed E-state index contributed by atoms with van der Waals surface area (Å²) in [6, 6.07) is 3.82. The van der Waals surface area contributed by atoms with E-state index in [-0.39, 0.29) is 0 Å². The Morgan fingerprint density at radius 3 is 2.38 bits per heavy atom. The topological polar surface area (TPSA) is 20.2 Å². The maximum atomic E-state index is 9.69. The first-order chi connectivity index (χ1) is 5.99. The van der Waals surface area contributed by atoms with Crippen molar-refractivity contribution >= 4 is 0 Å². The van der Waals surface area contributed by atoms with Gasteiger partial charge in [0.15, 0.2) is 0 Å². The second-order valence-corrected chi connectivity index (χ2v) is 4.88. The second-order valence-electron chi connectivity index (χ2n) is 4.88. The molecular weight excluding hydrogens is 160 g/mol. The highest BCUT2D eigenvalue weighted by Gasteiger charge is 2.31. The molecule has 0 atom stereocenters. The number of phenolic OH excluding ortho intramolecular Hbond substituents is 1. The minimum Gasteiger partial charge on any atom is -0.508 e. The first-order valence-corrected chi connectivity index (χ1v) is 4.80. The largest absolute Gasteiger partial charge is 0.508 e. The molecule has 1 aliphatic carbocycles. The number of aryl methyl sites for hydroxylation is 1. The summed E-state index contributed by atoms with van der Waals surface area (Å²) in [6.07, 6.45) is 2.11. The van der Waals surface area contributed by atoms with Crippen LogP contribution in [0.25, 0.3) is 0 Å². The van der Waals surface area contributed by atoms with Crippen molar-refractivity contribution in [2.75, 3.05) is 0 Å². The van der Waals surface area contributed by atoms with E-state index in [0.29, 0.717) is 11.2 Å². The molecule has 0 unspecified atom stereocenters. The molecular formula is C12H16O. The van der Waals surface area contributed by atoms with Crippen LogP contribution in [0.1, 0.15) is 30.5 Å². The van der Waals surface area contributed by atoms with Gasteiger partial charge in [-0.1, -0.05) is 19.9 Å². The molecule has 1 nitrogen and oxygen atoms in total. The van der Waals surface area contributed by atoms with E-state index in [4.69, 9.17) is 0 Å². The van der Waals surface area contributed by atoms with Gasteiger partial charge in [-0.2, -0.15) is 0 Å². The molecule has 0 saturated heterocycles. The van der Waals surface area contributed by atoms with Crippen LogP contribution < -0.4 is 0 Å². The fourth-order valence-corrected chi connectivity index (χ4v) is 2.26. The van der Waals surface area contributed by atoms with Gasteiger partial charge in [-0.3, -0.25) is 0 Å². The lowest BCUT2D eigenvalue weighted by Crippen LogP contribution is -2.09. The van der Waals surface area contributed by atoms with Gasteiger partial charge in [0, 0.05) is 0 Å². The second kappa shape index (κ2) is 2.50. The van der Waals surface area contributed by atoms with E-state index in [1.807, 2.05) is 12.1 Å². The van der Waals surface area contributed by atoms with Gasteiger partial charge in [0.2, 0.25) is 0 Å². The van der Waals surface area contributed by atoms with Crippen LogP contribution >= 0.6 is 0 Å². The molecule has 1 aliphatic rings. The molecule has 1 aromatic carbocycles. The maximum absolute atomic E-state index is 9.69. The van der Waals surface area contributed by atoms with E-state index in [0.717, 1.165) is 12.8 Å². The zero-order valence-corrected chi connectivity index (χ0v) is 8.52. The predicted molar refractivity (Wildman–Crippen MR) is 54.0 cm³/mol. The molecule has 70 valence electrons. The van der Waals surface area contributed by atoms with Crippen molar-refractivity contribution in [3.05, 3.63) is 28.8 Å². The standard InChI is InChI=1S/C12H16O/c1-8-4-5-11(13)10-7-12(2,3)6-9(8)10/h4-5,13H,6-7H2,1-3H3. The van der Waals surface area contributed by atoms with E-state index in [1.54, 1.807) is 0 Å². The smallest absolute Gasteiger partial charge is 0.119 e. The summed E-state index contributed by atoms with van der Waals surface area (Å²) in [5, 5.41) is 9.69. The molecule has 1 heteroatoms. The van der Waals surface area contributed by atoms with Gasteiger partial charge in [0.05, 0.1) is 0 Å². The van der Waals surface area contributed by atoms with Gasteiger partial charge < -0.3 is 5.11 Å². The number of hydrogen-bond donors (Lipinski definition) is 1. The third-order valence-electron chi connectivity index (χ3n) is 2.95. The van der Waals surface area contributed by atoms with Gasteiger partial charge in [0.1, 0.15) is 5.75 Å². The fraction of sp³-hybridized carbons (Fsp3) is 0.500. The lowest BCUT2D eigenvalue weighted by atomic mass is 9.90. The summed E-state index contributed by atoms with van der Waals surface area (Å²) in [7, 11) is 0. The number of rotatable bonds is 0. The zero-order valence-electron chi connectivity index (χ0n) is 8.52. The molecule has 0 radical (unpaired) electrons. The minimum absolute atomic E-state index is 0.325. The van der Waals surface area contributed by atoms with Crippen LogP contribution in [0.5, 0.6) is 5.75 Å². The Bertz CT molecular complexity index is 317. The quantitative estimate of drug-likeness (QED) is 0.644. The molecule has 0 spiro atoms. The first kappa shape index (κ1) is 8.61. The minimum atomic E-state index is 0.325.